The molecule has 0 saturated carbocycles. The summed E-state index contributed by atoms with van der Waals surface area (Å²) in [5.74, 6) is 2.19. The average molecular weight is 291 g/mol. The lowest BCUT2D eigenvalue weighted by Gasteiger charge is -2.41. The molecule has 2 fully saturated rings. The molecule has 4 heteroatoms. The van der Waals surface area contributed by atoms with Gasteiger partial charge in [0.1, 0.15) is 11.5 Å². The number of aryl methyl sites for hydroxylation is 1. The Labute approximate surface area is 128 Å². The Balaban J connectivity index is 1.63. The van der Waals surface area contributed by atoms with Crippen LogP contribution in [0, 0.1) is 6.92 Å². The Kier molecular flexibility index (Phi) is 4.67. The van der Waals surface area contributed by atoms with Crippen molar-refractivity contribution >= 4 is 0 Å². The van der Waals surface area contributed by atoms with Gasteiger partial charge in [-0.25, -0.2) is 0 Å². The fourth-order valence-corrected chi connectivity index (χ4v) is 3.77. The summed E-state index contributed by atoms with van der Waals surface area (Å²) in [7, 11) is 0. The van der Waals surface area contributed by atoms with E-state index in [-0.39, 0.29) is 0 Å². The van der Waals surface area contributed by atoms with Crippen LogP contribution in [0.25, 0.3) is 0 Å². The average Bonchev–Trinajstić information content (AvgIpc) is 3.03. The Hall–Kier alpha value is -0.840. The number of nitrogens with one attached hydrogen (secondary N) is 1. The molecular weight excluding hydrogens is 262 g/mol. The van der Waals surface area contributed by atoms with E-state index in [9.17, 15) is 0 Å². The van der Waals surface area contributed by atoms with Crippen molar-refractivity contribution in [2.75, 3.05) is 26.2 Å². The first-order chi connectivity index (χ1) is 10.2. The Bertz CT molecular complexity index is 471. The highest BCUT2D eigenvalue weighted by Crippen LogP contribution is 2.26. The van der Waals surface area contributed by atoms with Crippen molar-refractivity contribution in [1.82, 2.24) is 15.1 Å². The van der Waals surface area contributed by atoms with Crippen LogP contribution < -0.4 is 5.32 Å². The molecule has 21 heavy (non-hydrogen) atoms. The van der Waals surface area contributed by atoms with Gasteiger partial charge in [-0.1, -0.05) is 6.92 Å². The molecule has 0 radical (unpaired) electrons. The fraction of sp³-hybridized carbons (Fsp3) is 0.765. The summed E-state index contributed by atoms with van der Waals surface area (Å²) in [6.45, 7) is 13.2. The minimum Gasteiger partial charge on any atom is -0.465 e. The number of piperazine rings is 1. The second-order valence-corrected chi connectivity index (χ2v) is 6.64. The molecule has 0 aliphatic carbocycles. The molecule has 1 N–H and O–H groups in total. The maximum Gasteiger partial charge on any atom is 0.118 e. The Morgan fingerprint density at radius 1 is 1.38 bits per heavy atom. The predicted molar refractivity (Wildman–Crippen MR) is 85.3 cm³/mol. The third kappa shape index (κ3) is 3.33. The SMILES string of the molecule is CCNCc1cc(CN2CC3CCCN3CC2C)oc1C. The van der Waals surface area contributed by atoms with Gasteiger partial charge in [0.2, 0.25) is 0 Å². The summed E-state index contributed by atoms with van der Waals surface area (Å²) in [5, 5.41) is 3.38. The fourth-order valence-electron chi connectivity index (χ4n) is 3.77. The molecule has 2 aliphatic heterocycles. The molecule has 0 aromatic carbocycles. The quantitative estimate of drug-likeness (QED) is 0.902. The van der Waals surface area contributed by atoms with Crippen LogP contribution in [-0.4, -0.2) is 48.1 Å². The van der Waals surface area contributed by atoms with E-state index in [4.69, 9.17) is 4.42 Å². The highest BCUT2D eigenvalue weighted by Gasteiger charge is 2.34. The topological polar surface area (TPSA) is 31.6 Å². The van der Waals surface area contributed by atoms with Crippen LogP contribution >= 0.6 is 0 Å². The third-order valence-corrected chi connectivity index (χ3v) is 5.06. The third-order valence-electron chi connectivity index (χ3n) is 5.06. The lowest BCUT2D eigenvalue weighted by molar-refractivity contribution is 0.0492. The molecule has 0 bridgehead atoms. The summed E-state index contributed by atoms with van der Waals surface area (Å²) >= 11 is 0. The molecule has 0 spiro atoms. The zero-order valence-corrected chi connectivity index (χ0v) is 13.7. The van der Waals surface area contributed by atoms with Crippen LogP contribution in [0.1, 0.15) is 43.8 Å². The van der Waals surface area contributed by atoms with E-state index in [0.29, 0.717) is 6.04 Å². The van der Waals surface area contributed by atoms with Crippen LogP contribution in [0.3, 0.4) is 0 Å². The maximum atomic E-state index is 5.98. The molecule has 3 heterocycles. The van der Waals surface area contributed by atoms with Crippen molar-refractivity contribution in [3.63, 3.8) is 0 Å². The van der Waals surface area contributed by atoms with Gasteiger partial charge in [0.15, 0.2) is 0 Å². The van der Waals surface area contributed by atoms with Crippen molar-refractivity contribution < 1.29 is 4.42 Å². The first-order valence-corrected chi connectivity index (χ1v) is 8.44. The monoisotopic (exact) mass is 291 g/mol. The lowest BCUT2D eigenvalue weighted by Crippen LogP contribution is -2.54. The molecule has 0 amide bonds. The highest BCUT2D eigenvalue weighted by molar-refractivity contribution is 5.20. The van der Waals surface area contributed by atoms with Crippen LogP contribution in [-0.2, 0) is 13.1 Å². The zero-order valence-electron chi connectivity index (χ0n) is 13.7. The number of fused-ring (bicyclic) bond motifs is 1. The molecule has 2 aliphatic rings. The number of hydrogen-bond acceptors (Lipinski definition) is 4. The number of rotatable bonds is 5. The molecule has 2 unspecified atom stereocenters. The lowest BCUT2D eigenvalue weighted by atomic mass is 10.1. The van der Waals surface area contributed by atoms with Gasteiger partial charge < -0.3 is 9.73 Å². The maximum absolute atomic E-state index is 5.98. The minimum atomic E-state index is 0.627. The molecule has 1 aromatic heterocycles. The minimum absolute atomic E-state index is 0.627. The largest absolute Gasteiger partial charge is 0.465 e. The van der Waals surface area contributed by atoms with Crippen molar-refractivity contribution in [3.8, 4) is 0 Å². The van der Waals surface area contributed by atoms with E-state index in [2.05, 4.69) is 42.0 Å². The van der Waals surface area contributed by atoms with Gasteiger partial charge in [-0.15, -0.1) is 0 Å². The highest BCUT2D eigenvalue weighted by atomic mass is 16.3. The second kappa shape index (κ2) is 6.51. The Morgan fingerprint density at radius 3 is 3.05 bits per heavy atom. The van der Waals surface area contributed by atoms with Crippen LogP contribution in [0.4, 0.5) is 0 Å². The summed E-state index contributed by atoms with van der Waals surface area (Å²) in [6.07, 6.45) is 2.74. The van der Waals surface area contributed by atoms with Gasteiger partial charge in [-0.2, -0.15) is 0 Å². The van der Waals surface area contributed by atoms with E-state index >= 15 is 0 Å². The van der Waals surface area contributed by atoms with Crippen LogP contribution in [0.5, 0.6) is 0 Å². The summed E-state index contributed by atoms with van der Waals surface area (Å²) in [6, 6.07) is 3.65. The smallest absolute Gasteiger partial charge is 0.118 e. The molecule has 2 saturated heterocycles. The van der Waals surface area contributed by atoms with Gasteiger partial charge in [-0.3, -0.25) is 9.80 Å². The van der Waals surface area contributed by atoms with Gasteiger partial charge >= 0.3 is 0 Å². The normalized spacial score (nSPS) is 27.2. The molecule has 2 atom stereocenters. The van der Waals surface area contributed by atoms with Gasteiger partial charge in [-0.05, 0) is 45.8 Å². The van der Waals surface area contributed by atoms with Crippen molar-refractivity contribution in [2.45, 2.75) is 58.8 Å². The summed E-state index contributed by atoms with van der Waals surface area (Å²) in [4.78, 5) is 5.27. The first kappa shape index (κ1) is 15.1. The standard InChI is InChI=1S/C17H29N3O/c1-4-18-9-15-8-17(21-14(15)3)12-20-11-16-6-5-7-19(16)10-13(20)2/h8,13,16,18H,4-7,9-12H2,1-3H3. The van der Waals surface area contributed by atoms with Gasteiger partial charge in [0.05, 0.1) is 6.54 Å². The van der Waals surface area contributed by atoms with Crippen molar-refractivity contribution in [2.24, 2.45) is 0 Å². The van der Waals surface area contributed by atoms with Crippen LogP contribution in [0.15, 0.2) is 10.5 Å². The van der Waals surface area contributed by atoms with Gasteiger partial charge in [0, 0.05) is 37.3 Å². The number of nitrogens with zero attached hydrogens (tertiary/aromatic N) is 2. The van der Waals surface area contributed by atoms with Gasteiger partial charge in [0.25, 0.3) is 0 Å². The summed E-state index contributed by atoms with van der Waals surface area (Å²) < 4.78 is 5.98. The van der Waals surface area contributed by atoms with Crippen LogP contribution in [0.2, 0.25) is 0 Å². The number of furan rings is 1. The Morgan fingerprint density at radius 2 is 2.24 bits per heavy atom. The van der Waals surface area contributed by atoms with Crippen molar-refractivity contribution in [1.29, 1.82) is 0 Å². The first-order valence-electron chi connectivity index (χ1n) is 8.44. The molecule has 4 nitrogen and oxygen atoms in total. The van der Waals surface area contributed by atoms with E-state index in [0.717, 1.165) is 37.2 Å². The molecule has 1 aromatic rings. The van der Waals surface area contributed by atoms with E-state index in [1.807, 2.05) is 0 Å². The zero-order chi connectivity index (χ0) is 14.8. The summed E-state index contributed by atoms with van der Waals surface area (Å²) in [5.41, 5.74) is 1.30. The second-order valence-electron chi connectivity index (χ2n) is 6.64. The van der Waals surface area contributed by atoms with Crippen molar-refractivity contribution in [3.05, 3.63) is 23.2 Å². The predicted octanol–water partition coefficient (Wildman–Crippen LogP) is 2.37. The number of hydrogen-bond donors (Lipinski definition) is 1. The molecular formula is C17H29N3O. The molecule has 3 rings (SSSR count). The molecule has 118 valence electrons. The van der Waals surface area contributed by atoms with E-state index < -0.39 is 0 Å². The van der Waals surface area contributed by atoms with E-state index in [1.165, 1.54) is 38.0 Å². The van der Waals surface area contributed by atoms with E-state index in [1.54, 1.807) is 0 Å².